The predicted octanol–water partition coefficient (Wildman–Crippen LogP) is 2.93. The molecule has 0 unspecified atom stereocenters. The van der Waals surface area contributed by atoms with Crippen LogP contribution in [0.4, 0.5) is 0 Å². The van der Waals surface area contributed by atoms with Crippen LogP contribution in [0.5, 0.6) is 0 Å². The van der Waals surface area contributed by atoms with E-state index in [2.05, 4.69) is 15.9 Å². The minimum absolute atomic E-state index is 0.0869. The number of aliphatic hydroxyl groups excluding tert-OH is 1. The Labute approximate surface area is 130 Å². The number of hydrogen-bond donors (Lipinski definition) is 1. The molecule has 0 fully saturated rings. The van der Waals surface area contributed by atoms with Gasteiger partial charge in [0.2, 0.25) is 10.0 Å². The lowest BCUT2D eigenvalue weighted by Gasteiger charge is -2.29. The first kappa shape index (κ1) is 17.6. The van der Waals surface area contributed by atoms with Gasteiger partial charge in [-0.25, -0.2) is 8.42 Å². The van der Waals surface area contributed by atoms with Crippen molar-refractivity contribution in [3.8, 4) is 0 Å². The Bertz CT molecular complexity index is 541. The molecule has 0 heterocycles. The lowest BCUT2D eigenvalue weighted by Crippen LogP contribution is -2.41. The molecule has 4 nitrogen and oxygen atoms in total. The smallest absolute Gasteiger partial charge is 0.243 e. The van der Waals surface area contributed by atoms with Crippen LogP contribution in [0, 0.1) is 6.92 Å². The summed E-state index contributed by atoms with van der Waals surface area (Å²) in [5, 5.41) is 9.17. The monoisotopic (exact) mass is 363 g/mol. The maximum atomic E-state index is 12.7. The zero-order chi connectivity index (χ0) is 15.3. The molecule has 0 spiro atoms. The number of aryl methyl sites for hydroxylation is 1. The molecule has 1 N–H and O–H groups in total. The van der Waals surface area contributed by atoms with Crippen LogP contribution in [0.15, 0.2) is 27.6 Å². The number of halogens is 1. The van der Waals surface area contributed by atoms with Gasteiger partial charge < -0.3 is 5.11 Å². The molecule has 6 heteroatoms. The summed E-state index contributed by atoms with van der Waals surface area (Å²) in [5.41, 5.74) is 0.875. The first-order valence-corrected chi connectivity index (χ1v) is 9.00. The van der Waals surface area contributed by atoms with Crippen LogP contribution in [0.25, 0.3) is 0 Å². The molecule has 0 saturated heterocycles. The highest BCUT2D eigenvalue weighted by atomic mass is 79.9. The normalized spacial score (nSPS) is 12.3. The molecule has 0 aliphatic rings. The highest BCUT2D eigenvalue weighted by molar-refractivity contribution is 9.10. The summed E-state index contributed by atoms with van der Waals surface area (Å²) in [5.74, 6) is 0. The Morgan fingerprint density at radius 1 is 1.30 bits per heavy atom. The molecule has 0 aromatic heterocycles. The highest BCUT2D eigenvalue weighted by Gasteiger charge is 2.29. The molecular weight excluding hydrogens is 342 g/mol. The lowest BCUT2D eigenvalue weighted by atomic mass is 10.2. The number of hydrogen-bond acceptors (Lipinski definition) is 3. The maximum absolute atomic E-state index is 12.7. The molecule has 0 atom stereocenters. The molecule has 0 bridgehead atoms. The minimum Gasteiger partial charge on any atom is -0.395 e. The van der Waals surface area contributed by atoms with Crippen LogP contribution in [0.3, 0.4) is 0 Å². The average Bonchev–Trinajstić information content (AvgIpc) is 2.42. The van der Waals surface area contributed by atoms with Gasteiger partial charge in [0.1, 0.15) is 0 Å². The van der Waals surface area contributed by atoms with Gasteiger partial charge in [0.15, 0.2) is 0 Å². The second-order valence-corrected chi connectivity index (χ2v) is 7.47. The number of benzene rings is 1. The average molecular weight is 364 g/mol. The van der Waals surface area contributed by atoms with Gasteiger partial charge in [-0.15, -0.1) is 0 Å². The fraction of sp³-hybridized carbons (Fsp3) is 0.571. The summed E-state index contributed by atoms with van der Waals surface area (Å²) in [6, 6.07) is 4.91. The third kappa shape index (κ3) is 3.81. The van der Waals surface area contributed by atoms with Crippen molar-refractivity contribution >= 4 is 26.0 Å². The first-order chi connectivity index (χ1) is 9.38. The minimum atomic E-state index is -3.57. The van der Waals surface area contributed by atoms with E-state index in [0.717, 1.165) is 22.9 Å². The third-order valence-corrected chi connectivity index (χ3v) is 6.24. The summed E-state index contributed by atoms with van der Waals surface area (Å²) >= 11 is 3.37. The fourth-order valence-electron chi connectivity index (χ4n) is 2.21. The Kier molecular flexibility index (Phi) is 6.64. The van der Waals surface area contributed by atoms with Gasteiger partial charge in [-0.2, -0.15) is 4.31 Å². The molecule has 0 aliphatic heterocycles. The summed E-state index contributed by atoms with van der Waals surface area (Å²) < 4.78 is 27.8. The number of rotatable bonds is 7. The van der Waals surface area contributed by atoms with E-state index in [1.165, 1.54) is 4.31 Å². The third-order valence-electron chi connectivity index (χ3n) is 3.41. The lowest BCUT2D eigenvalue weighted by molar-refractivity contribution is 0.219. The van der Waals surface area contributed by atoms with Gasteiger partial charge in [0.05, 0.1) is 11.5 Å². The van der Waals surface area contributed by atoms with Gasteiger partial charge >= 0.3 is 0 Å². The van der Waals surface area contributed by atoms with E-state index in [4.69, 9.17) is 0 Å². The van der Waals surface area contributed by atoms with E-state index in [0.29, 0.717) is 0 Å². The van der Waals surface area contributed by atoms with Crippen LogP contribution in [0.2, 0.25) is 0 Å². The Morgan fingerprint density at radius 3 is 2.35 bits per heavy atom. The van der Waals surface area contributed by atoms with Crippen molar-refractivity contribution in [2.45, 2.75) is 44.6 Å². The molecule has 0 aliphatic carbocycles. The molecule has 1 rings (SSSR count). The second-order valence-electron chi connectivity index (χ2n) is 4.72. The standard InChI is InChI=1S/C14H22BrNO3S/c1-4-12(5-2)16(8-9-17)20(18,19)13-6-7-14(15)11(3)10-13/h6-7,10,12,17H,4-5,8-9H2,1-3H3. The van der Waals surface area contributed by atoms with Gasteiger partial charge in [0, 0.05) is 17.1 Å². The topological polar surface area (TPSA) is 57.6 Å². The molecular formula is C14H22BrNO3S. The quantitative estimate of drug-likeness (QED) is 0.809. The van der Waals surface area contributed by atoms with Gasteiger partial charge in [0.25, 0.3) is 0 Å². The molecule has 1 aromatic carbocycles. The van der Waals surface area contributed by atoms with Gasteiger partial charge in [-0.3, -0.25) is 0 Å². The SMILES string of the molecule is CCC(CC)N(CCO)S(=O)(=O)c1ccc(Br)c(C)c1. The number of aliphatic hydroxyl groups is 1. The fourth-order valence-corrected chi connectivity index (χ4v) is 4.30. The zero-order valence-electron chi connectivity index (χ0n) is 12.1. The summed E-state index contributed by atoms with van der Waals surface area (Å²) in [6.07, 6.45) is 1.45. The molecule has 114 valence electrons. The summed E-state index contributed by atoms with van der Waals surface area (Å²) in [6.45, 7) is 5.73. The number of nitrogens with zero attached hydrogens (tertiary/aromatic N) is 1. The summed E-state index contributed by atoms with van der Waals surface area (Å²) in [7, 11) is -3.57. The first-order valence-electron chi connectivity index (χ1n) is 6.77. The largest absolute Gasteiger partial charge is 0.395 e. The molecule has 0 radical (unpaired) electrons. The van der Waals surface area contributed by atoms with E-state index < -0.39 is 10.0 Å². The van der Waals surface area contributed by atoms with E-state index in [1.54, 1.807) is 18.2 Å². The van der Waals surface area contributed by atoms with Crippen molar-refractivity contribution in [1.29, 1.82) is 0 Å². The van der Waals surface area contributed by atoms with Crippen molar-refractivity contribution in [2.75, 3.05) is 13.2 Å². The Hall–Kier alpha value is -0.430. The molecule has 1 aromatic rings. The highest BCUT2D eigenvalue weighted by Crippen LogP contribution is 2.25. The van der Waals surface area contributed by atoms with E-state index in [1.807, 2.05) is 20.8 Å². The van der Waals surface area contributed by atoms with Crippen LogP contribution < -0.4 is 0 Å². The van der Waals surface area contributed by atoms with E-state index in [-0.39, 0.29) is 24.1 Å². The van der Waals surface area contributed by atoms with Crippen LogP contribution >= 0.6 is 15.9 Å². The van der Waals surface area contributed by atoms with Crippen molar-refractivity contribution in [2.24, 2.45) is 0 Å². The molecule has 20 heavy (non-hydrogen) atoms. The van der Waals surface area contributed by atoms with Crippen LogP contribution in [0.1, 0.15) is 32.3 Å². The van der Waals surface area contributed by atoms with Crippen molar-refractivity contribution in [3.05, 3.63) is 28.2 Å². The van der Waals surface area contributed by atoms with Crippen LogP contribution in [-0.4, -0.2) is 37.0 Å². The summed E-state index contributed by atoms with van der Waals surface area (Å²) in [4.78, 5) is 0.276. The predicted molar refractivity (Wildman–Crippen MR) is 84.2 cm³/mol. The van der Waals surface area contributed by atoms with Gasteiger partial charge in [-0.05, 0) is 43.5 Å². The molecule has 0 amide bonds. The Balaban J connectivity index is 3.24. The van der Waals surface area contributed by atoms with Crippen LogP contribution in [-0.2, 0) is 10.0 Å². The maximum Gasteiger partial charge on any atom is 0.243 e. The van der Waals surface area contributed by atoms with Gasteiger partial charge in [-0.1, -0.05) is 29.8 Å². The van der Waals surface area contributed by atoms with E-state index >= 15 is 0 Å². The van der Waals surface area contributed by atoms with Crippen molar-refractivity contribution < 1.29 is 13.5 Å². The Morgan fingerprint density at radius 2 is 1.90 bits per heavy atom. The van der Waals surface area contributed by atoms with Crippen molar-refractivity contribution in [1.82, 2.24) is 4.31 Å². The second kappa shape index (κ2) is 7.54. The van der Waals surface area contributed by atoms with Crippen molar-refractivity contribution in [3.63, 3.8) is 0 Å². The number of sulfonamides is 1. The zero-order valence-corrected chi connectivity index (χ0v) is 14.5. The molecule has 0 saturated carbocycles. The van der Waals surface area contributed by atoms with E-state index in [9.17, 15) is 13.5 Å².